The molecule has 0 saturated heterocycles. The zero-order valence-corrected chi connectivity index (χ0v) is 11.9. The lowest BCUT2D eigenvalue weighted by atomic mass is 9.81. The van der Waals surface area contributed by atoms with E-state index in [4.69, 9.17) is 11.6 Å². The molecule has 0 radical (unpaired) electrons. The minimum atomic E-state index is 0.203. The first-order valence-corrected chi connectivity index (χ1v) is 7.15. The van der Waals surface area contributed by atoms with Crippen LogP contribution in [0.4, 0.5) is 0 Å². The smallest absolute Gasteiger partial charge is 0.0587 e. The van der Waals surface area contributed by atoms with Gasteiger partial charge in [-0.2, -0.15) is 0 Å². The van der Waals surface area contributed by atoms with Gasteiger partial charge in [-0.25, -0.2) is 0 Å². The first-order chi connectivity index (χ1) is 7.97. The van der Waals surface area contributed by atoms with Crippen molar-refractivity contribution in [1.29, 1.82) is 0 Å². The van der Waals surface area contributed by atoms with Crippen molar-refractivity contribution in [3.05, 3.63) is 35.4 Å². The van der Waals surface area contributed by atoms with Crippen LogP contribution < -0.4 is 0 Å². The molecule has 0 amide bonds. The van der Waals surface area contributed by atoms with Crippen LogP contribution in [0.1, 0.15) is 63.0 Å². The van der Waals surface area contributed by atoms with Crippen LogP contribution in [0.2, 0.25) is 0 Å². The van der Waals surface area contributed by atoms with E-state index < -0.39 is 0 Å². The highest BCUT2D eigenvalue weighted by Crippen LogP contribution is 2.38. The fourth-order valence-electron chi connectivity index (χ4n) is 2.35. The SMILES string of the molecule is CC(C)(C)c1ccc(C(Cl)CC2CCC2)cc1. The summed E-state index contributed by atoms with van der Waals surface area (Å²) in [6.07, 6.45) is 5.31. The second kappa shape index (κ2) is 5.02. The molecule has 0 N–H and O–H groups in total. The van der Waals surface area contributed by atoms with Crippen molar-refractivity contribution < 1.29 is 0 Å². The summed E-state index contributed by atoms with van der Waals surface area (Å²) >= 11 is 6.48. The summed E-state index contributed by atoms with van der Waals surface area (Å²) in [4.78, 5) is 0. The van der Waals surface area contributed by atoms with E-state index in [1.54, 1.807) is 0 Å². The monoisotopic (exact) mass is 250 g/mol. The highest BCUT2D eigenvalue weighted by Gasteiger charge is 2.22. The number of alkyl halides is 1. The molecule has 0 heterocycles. The fraction of sp³-hybridized carbons (Fsp3) is 0.625. The van der Waals surface area contributed by atoms with Crippen LogP contribution >= 0.6 is 11.6 Å². The molecule has 0 aliphatic heterocycles. The average Bonchev–Trinajstić information content (AvgIpc) is 2.22. The highest BCUT2D eigenvalue weighted by atomic mass is 35.5. The van der Waals surface area contributed by atoms with Gasteiger partial charge in [0.1, 0.15) is 0 Å². The van der Waals surface area contributed by atoms with E-state index in [0.717, 1.165) is 12.3 Å². The second-order valence-electron chi connectivity index (χ2n) is 6.37. The third-order valence-corrected chi connectivity index (χ3v) is 4.33. The van der Waals surface area contributed by atoms with E-state index >= 15 is 0 Å². The Hall–Kier alpha value is -0.490. The summed E-state index contributed by atoms with van der Waals surface area (Å²) in [5, 5.41) is 0.203. The Labute approximate surface area is 110 Å². The minimum Gasteiger partial charge on any atom is -0.118 e. The maximum Gasteiger partial charge on any atom is 0.0587 e. The zero-order chi connectivity index (χ0) is 12.5. The molecule has 1 atom stereocenters. The Morgan fingerprint density at radius 1 is 1.18 bits per heavy atom. The van der Waals surface area contributed by atoms with E-state index in [-0.39, 0.29) is 10.8 Å². The van der Waals surface area contributed by atoms with Crippen LogP contribution in [0.15, 0.2) is 24.3 Å². The predicted molar refractivity (Wildman–Crippen MR) is 75.7 cm³/mol. The predicted octanol–water partition coefficient (Wildman–Crippen LogP) is 5.45. The van der Waals surface area contributed by atoms with Crippen molar-refractivity contribution >= 4 is 11.6 Å². The largest absolute Gasteiger partial charge is 0.118 e. The summed E-state index contributed by atoms with van der Waals surface area (Å²) in [7, 11) is 0. The minimum absolute atomic E-state index is 0.203. The van der Waals surface area contributed by atoms with Gasteiger partial charge in [0.25, 0.3) is 0 Å². The molecule has 1 aliphatic rings. The highest BCUT2D eigenvalue weighted by molar-refractivity contribution is 6.20. The van der Waals surface area contributed by atoms with Crippen molar-refractivity contribution in [2.45, 2.75) is 57.2 Å². The lowest BCUT2D eigenvalue weighted by Gasteiger charge is -2.27. The van der Waals surface area contributed by atoms with Crippen molar-refractivity contribution in [2.75, 3.05) is 0 Å². The molecule has 0 nitrogen and oxygen atoms in total. The van der Waals surface area contributed by atoms with Crippen LogP contribution in [0.5, 0.6) is 0 Å². The molecule has 1 aromatic carbocycles. The maximum absolute atomic E-state index is 6.48. The van der Waals surface area contributed by atoms with Gasteiger partial charge in [0.05, 0.1) is 5.38 Å². The lowest BCUT2D eigenvalue weighted by molar-refractivity contribution is 0.293. The molecule has 1 fully saturated rings. The van der Waals surface area contributed by atoms with E-state index in [1.807, 2.05) is 0 Å². The van der Waals surface area contributed by atoms with E-state index in [1.165, 1.54) is 30.4 Å². The van der Waals surface area contributed by atoms with E-state index in [2.05, 4.69) is 45.0 Å². The quantitative estimate of drug-likeness (QED) is 0.626. The summed E-state index contributed by atoms with van der Waals surface area (Å²) < 4.78 is 0. The Morgan fingerprint density at radius 3 is 2.18 bits per heavy atom. The average molecular weight is 251 g/mol. The molecule has 1 aliphatic carbocycles. The Morgan fingerprint density at radius 2 is 1.76 bits per heavy atom. The van der Waals surface area contributed by atoms with Gasteiger partial charge in [-0.1, -0.05) is 64.3 Å². The van der Waals surface area contributed by atoms with Gasteiger partial charge in [-0.15, -0.1) is 11.6 Å². The number of benzene rings is 1. The third kappa shape index (κ3) is 3.25. The molecular weight excluding hydrogens is 228 g/mol. The number of hydrogen-bond donors (Lipinski definition) is 0. The first-order valence-electron chi connectivity index (χ1n) is 6.71. The molecule has 1 saturated carbocycles. The molecule has 94 valence electrons. The molecule has 1 aromatic rings. The standard InChI is InChI=1S/C16H23Cl/c1-16(2,3)14-9-7-13(8-10-14)15(17)11-12-5-4-6-12/h7-10,12,15H,4-6,11H2,1-3H3. The molecule has 1 unspecified atom stereocenters. The topological polar surface area (TPSA) is 0 Å². The van der Waals surface area contributed by atoms with E-state index in [0.29, 0.717) is 0 Å². The molecule has 0 spiro atoms. The van der Waals surface area contributed by atoms with Crippen LogP contribution in [0.25, 0.3) is 0 Å². The van der Waals surface area contributed by atoms with Crippen molar-refractivity contribution in [1.82, 2.24) is 0 Å². The fourth-order valence-corrected chi connectivity index (χ4v) is 2.75. The van der Waals surface area contributed by atoms with Gasteiger partial charge >= 0.3 is 0 Å². The number of hydrogen-bond acceptors (Lipinski definition) is 0. The van der Waals surface area contributed by atoms with Crippen LogP contribution in [0.3, 0.4) is 0 Å². The van der Waals surface area contributed by atoms with Gasteiger partial charge in [-0.05, 0) is 28.9 Å². The maximum atomic E-state index is 6.48. The van der Waals surface area contributed by atoms with Crippen molar-refractivity contribution in [3.8, 4) is 0 Å². The second-order valence-corrected chi connectivity index (χ2v) is 6.90. The Kier molecular flexibility index (Phi) is 3.82. The molecule has 1 heteroatoms. The van der Waals surface area contributed by atoms with Crippen molar-refractivity contribution in [2.24, 2.45) is 5.92 Å². The van der Waals surface area contributed by atoms with Crippen LogP contribution in [-0.4, -0.2) is 0 Å². The lowest BCUT2D eigenvalue weighted by Crippen LogP contribution is -2.13. The summed E-state index contributed by atoms with van der Waals surface area (Å²) in [6.45, 7) is 6.73. The summed E-state index contributed by atoms with van der Waals surface area (Å²) in [5.74, 6) is 0.875. The normalized spacial score (nSPS) is 18.8. The number of halogens is 1. The molecular formula is C16H23Cl. The summed E-state index contributed by atoms with van der Waals surface area (Å²) in [5.41, 5.74) is 2.90. The molecule has 0 bridgehead atoms. The first kappa shape index (κ1) is 13.0. The zero-order valence-electron chi connectivity index (χ0n) is 11.2. The Balaban J connectivity index is 2.01. The van der Waals surface area contributed by atoms with Crippen LogP contribution in [-0.2, 0) is 5.41 Å². The third-order valence-electron chi connectivity index (χ3n) is 3.90. The van der Waals surface area contributed by atoms with Crippen LogP contribution in [0, 0.1) is 5.92 Å². The van der Waals surface area contributed by atoms with Gasteiger partial charge in [0.2, 0.25) is 0 Å². The van der Waals surface area contributed by atoms with Crippen molar-refractivity contribution in [3.63, 3.8) is 0 Å². The Bertz CT molecular complexity index is 354. The molecule has 17 heavy (non-hydrogen) atoms. The number of rotatable bonds is 3. The van der Waals surface area contributed by atoms with E-state index in [9.17, 15) is 0 Å². The van der Waals surface area contributed by atoms with Gasteiger partial charge in [-0.3, -0.25) is 0 Å². The van der Waals surface area contributed by atoms with Gasteiger partial charge in [0.15, 0.2) is 0 Å². The summed E-state index contributed by atoms with van der Waals surface area (Å²) in [6, 6.07) is 8.87. The van der Waals surface area contributed by atoms with Gasteiger partial charge in [0, 0.05) is 0 Å². The molecule has 0 aromatic heterocycles. The van der Waals surface area contributed by atoms with Gasteiger partial charge < -0.3 is 0 Å². The molecule has 2 rings (SSSR count).